The highest BCUT2D eigenvalue weighted by Gasteiger charge is 2.25. The molecule has 1 atom stereocenters. The normalized spacial score (nSPS) is 12.1. The summed E-state index contributed by atoms with van der Waals surface area (Å²) < 4.78 is 18.2. The molecule has 0 aliphatic rings. The number of carbonyl (C=O) groups is 2. The quantitative estimate of drug-likeness (QED) is 0.586. The van der Waals surface area contributed by atoms with Gasteiger partial charge in [-0.3, -0.25) is 9.59 Å². The van der Waals surface area contributed by atoms with Gasteiger partial charge in [0.1, 0.15) is 18.1 Å². The molecule has 0 aliphatic heterocycles. The minimum absolute atomic E-state index is 0.124. The van der Waals surface area contributed by atoms with Crippen LogP contribution in [0.15, 0.2) is 34.9 Å². The Morgan fingerprint density at radius 2 is 1.90 bits per heavy atom. The molecule has 0 aliphatic carbocycles. The molecule has 2 amide bonds. The Labute approximate surface area is 177 Å². The van der Waals surface area contributed by atoms with Crippen LogP contribution in [0, 0.1) is 12.7 Å². The number of aryl methyl sites for hydroxylation is 1. The van der Waals surface area contributed by atoms with Gasteiger partial charge in [-0.1, -0.05) is 5.16 Å². The van der Waals surface area contributed by atoms with Crippen LogP contribution in [0.1, 0.15) is 49.7 Å². The van der Waals surface area contributed by atoms with Crippen LogP contribution in [0.4, 0.5) is 10.2 Å². The zero-order valence-corrected chi connectivity index (χ0v) is 18.2. The lowest BCUT2D eigenvalue weighted by Crippen LogP contribution is -3.11. The van der Waals surface area contributed by atoms with Gasteiger partial charge in [0.05, 0.1) is 19.6 Å². The number of nitrogens with zero attached hydrogens (tertiary/aromatic N) is 2. The smallest absolute Gasteiger partial charge is 0.254 e. The van der Waals surface area contributed by atoms with E-state index >= 15 is 0 Å². The average Bonchev–Trinajstić information content (AvgIpc) is 3.13. The Kier molecular flexibility index (Phi) is 8.98. The Bertz CT molecular complexity index is 818. The van der Waals surface area contributed by atoms with E-state index in [2.05, 4.69) is 24.3 Å². The number of hydrogen-bond donors (Lipinski definition) is 2. The predicted octanol–water partition coefficient (Wildman–Crippen LogP) is 2.30. The van der Waals surface area contributed by atoms with Crippen molar-refractivity contribution in [2.24, 2.45) is 0 Å². The molecule has 164 valence electrons. The number of nitrogens with one attached hydrogen (secondary N) is 2. The maximum atomic E-state index is 13.3. The van der Waals surface area contributed by atoms with Crippen LogP contribution >= 0.6 is 0 Å². The van der Waals surface area contributed by atoms with Gasteiger partial charge in [0, 0.05) is 17.7 Å². The van der Waals surface area contributed by atoms with Crippen LogP contribution in [0.2, 0.25) is 0 Å². The molecule has 30 heavy (non-hydrogen) atoms. The fraction of sp³-hybridized carbons (Fsp3) is 0.500. The van der Waals surface area contributed by atoms with Gasteiger partial charge in [-0.15, -0.1) is 0 Å². The molecule has 2 aromatic rings. The molecule has 0 radical (unpaired) electrons. The van der Waals surface area contributed by atoms with Crippen molar-refractivity contribution in [1.29, 1.82) is 0 Å². The molecule has 7 nitrogen and oxygen atoms in total. The van der Waals surface area contributed by atoms with Crippen molar-refractivity contribution in [3.63, 3.8) is 0 Å². The van der Waals surface area contributed by atoms with Crippen molar-refractivity contribution in [3.05, 3.63) is 47.5 Å². The minimum Gasteiger partial charge on any atom is -0.360 e. The van der Waals surface area contributed by atoms with Crippen molar-refractivity contribution in [3.8, 4) is 0 Å². The lowest BCUT2D eigenvalue weighted by Gasteiger charge is -2.29. The van der Waals surface area contributed by atoms with Crippen LogP contribution in [0.25, 0.3) is 0 Å². The summed E-state index contributed by atoms with van der Waals surface area (Å²) in [5.74, 6) is -0.182. The van der Waals surface area contributed by atoms with E-state index in [1.807, 2.05) is 6.92 Å². The van der Waals surface area contributed by atoms with Crippen LogP contribution in [0.3, 0.4) is 0 Å². The second kappa shape index (κ2) is 11.4. The summed E-state index contributed by atoms with van der Waals surface area (Å²) in [6.45, 7) is 11.0. The Hall–Kier alpha value is -2.74. The lowest BCUT2D eigenvalue weighted by atomic mass is 10.1. The molecule has 0 spiro atoms. The van der Waals surface area contributed by atoms with Gasteiger partial charge in [0.15, 0.2) is 5.82 Å². The third-order valence-electron chi connectivity index (χ3n) is 5.25. The summed E-state index contributed by atoms with van der Waals surface area (Å²) in [7, 11) is 0. The first-order valence-electron chi connectivity index (χ1n) is 10.5. The predicted molar refractivity (Wildman–Crippen MR) is 113 cm³/mol. The average molecular weight is 420 g/mol. The van der Waals surface area contributed by atoms with Crippen molar-refractivity contribution >= 4 is 17.6 Å². The highest BCUT2D eigenvalue weighted by Crippen LogP contribution is 2.14. The minimum atomic E-state index is -0.410. The summed E-state index contributed by atoms with van der Waals surface area (Å²) in [5, 5.41) is 6.41. The first kappa shape index (κ1) is 23.5. The lowest BCUT2D eigenvalue weighted by molar-refractivity contribution is -0.896. The monoisotopic (exact) mass is 419 g/mol. The van der Waals surface area contributed by atoms with E-state index in [1.54, 1.807) is 13.0 Å². The number of hydrogen-bond acceptors (Lipinski definition) is 4. The molecule has 2 rings (SSSR count). The third-order valence-corrected chi connectivity index (χ3v) is 5.25. The number of aromatic nitrogens is 1. The summed E-state index contributed by atoms with van der Waals surface area (Å²) in [5.41, 5.74) is 0.350. The molecule has 0 saturated heterocycles. The number of amides is 2. The topological polar surface area (TPSA) is 79.9 Å². The Balaban J connectivity index is 2.08. The number of halogens is 1. The van der Waals surface area contributed by atoms with E-state index in [-0.39, 0.29) is 24.4 Å². The fourth-order valence-corrected chi connectivity index (χ4v) is 3.36. The third kappa shape index (κ3) is 6.95. The van der Waals surface area contributed by atoms with Gasteiger partial charge >= 0.3 is 0 Å². The van der Waals surface area contributed by atoms with Gasteiger partial charge in [-0.05, 0) is 64.8 Å². The zero-order valence-electron chi connectivity index (χ0n) is 18.2. The number of benzene rings is 1. The van der Waals surface area contributed by atoms with E-state index in [4.69, 9.17) is 4.52 Å². The van der Waals surface area contributed by atoms with Crippen LogP contribution in [-0.2, 0) is 4.79 Å². The van der Waals surface area contributed by atoms with E-state index in [9.17, 15) is 14.0 Å². The van der Waals surface area contributed by atoms with Gasteiger partial charge in [0.2, 0.25) is 5.91 Å². The molecule has 0 fully saturated rings. The molecule has 0 unspecified atom stereocenters. The maximum Gasteiger partial charge on any atom is 0.254 e. The molecule has 1 aromatic heterocycles. The van der Waals surface area contributed by atoms with Crippen molar-refractivity contribution in [2.75, 3.05) is 31.5 Å². The van der Waals surface area contributed by atoms with Gasteiger partial charge < -0.3 is 19.6 Å². The van der Waals surface area contributed by atoms with E-state index in [1.165, 1.54) is 34.1 Å². The SMILES string of the molecule is CC[NH+](CC)CCC[C@@H](C)N(CC(=O)Nc1cc(C)on1)C(=O)c1ccc(F)cc1. The molecule has 0 bridgehead atoms. The highest BCUT2D eigenvalue weighted by atomic mass is 19.1. The second-order valence-corrected chi connectivity index (χ2v) is 7.51. The number of rotatable bonds is 11. The van der Waals surface area contributed by atoms with Gasteiger partial charge in [0.25, 0.3) is 5.91 Å². The summed E-state index contributed by atoms with van der Waals surface area (Å²) in [6.07, 6.45) is 1.71. The molecule has 1 heterocycles. The molecular formula is C22H32FN4O3+. The molecule has 1 aromatic carbocycles. The molecule has 0 saturated carbocycles. The highest BCUT2D eigenvalue weighted by molar-refractivity contribution is 5.99. The first-order valence-corrected chi connectivity index (χ1v) is 10.5. The van der Waals surface area contributed by atoms with Crippen molar-refractivity contribution < 1.29 is 23.4 Å². The van der Waals surface area contributed by atoms with Crippen LogP contribution in [-0.4, -0.2) is 54.1 Å². The second-order valence-electron chi connectivity index (χ2n) is 7.51. The van der Waals surface area contributed by atoms with Crippen molar-refractivity contribution in [2.45, 2.75) is 46.6 Å². The fourth-order valence-electron chi connectivity index (χ4n) is 3.36. The van der Waals surface area contributed by atoms with E-state index < -0.39 is 5.82 Å². The Morgan fingerprint density at radius 1 is 1.23 bits per heavy atom. The first-order chi connectivity index (χ1) is 14.3. The van der Waals surface area contributed by atoms with E-state index in [0.29, 0.717) is 17.1 Å². The largest absolute Gasteiger partial charge is 0.360 e. The molecule has 2 N–H and O–H groups in total. The molecular weight excluding hydrogens is 387 g/mol. The van der Waals surface area contributed by atoms with Crippen LogP contribution in [0.5, 0.6) is 0 Å². The summed E-state index contributed by atoms with van der Waals surface area (Å²) in [4.78, 5) is 28.7. The number of carbonyl (C=O) groups excluding carboxylic acids is 2. The van der Waals surface area contributed by atoms with Gasteiger partial charge in [-0.25, -0.2) is 4.39 Å². The van der Waals surface area contributed by atoms with Crippen molar-refractivity contribution in [1.82, 2.24) is 10.1 Å². The van der Waals surface area contributed by atoms with E-state index in [0.717, 1.165) is 32.5 Å². The Morgan fingerprint density at radius 3 is 2.47 bits per heavy atom. The summed E-state index contributed by atoms with van der Waals surface area (Å²) >= 11 is 0. The summed E-state index contributed by atoms with van der Waals surface area (Å²) in [6, 6.07) is 6.84. The maximum absolute atomic E-state index is 13.3. The van der Waals surface area contributed by atoms with Crippen LogP contribution < -0.4 is 10.2 Å². The standard InChI is InChI=1S/C22H31FN4O3/c1-5-26(6-2)13-7-8-16(3)27(22(29)18-9-11-19(23)12-10-18)15-21(28)24-20-14-17(4)30-25-20/h9-12,14,16H,5-8,13,15H2,1-4H3,(H,24,25,28)/p+1/t16-/m1/s1. The van der Waals surface area contributed by atoms with Gasteiger partial charge in [-0.2, -0.15) is 0 Å². The molecule has 8 heteroatoms. The number of anilines is 1. The zero-order chi connectivity index (χ0) is 22.1. The number of quaternary nitrogens is 1.